The molecule has 134 valence electrons. The summed E-state index contributed by atoms with van der Waals surface area (Å²) in [5, 5.41) is 11.2. The van der Waals surface area contributed by atoms with Gasteiger partial charge in [0.2, 0.25) is 0 Å². The van der Waals surface area contributed by atoms with Crippen molar-refractivity contribution in [3.63, 3.8) is 0 Å². The lowest BCUT2D eigenvalue weighted by atomic mass is 10.2. The normalized spacial score (nSPS) is 11.2. The maximum Gasteiger partial charge on any atom is 0.191 e. The van der Waals surface area contributed by atoms with Crippen molar-refractivity contribution < 1.29 is 4.74 Å². The number of ether oxygens (including phenoxy) is 1. The Bertz CT molecular complexity index is 840. The number of aromatic nitrogens is 2. The van der Waals surface area contributed by atoms with Crippen LogP contribution in [0.4, 0.5) is 0 Å². The molecule has 0 aliphatic heterocycles. The first-order chi connectivity index (χ1) is 12.8. The molecule has 2 N–H and O–H groups in total. The second-order valence-corrected chi connectivity index (χ2v) is 5.71. The fourth-order valence-electron chi connectivity index (χ4n) is 2.51. The molecule has 0 saturated heterocycles. The fraction of sp³-hybridized carbons (Fsp3) is 0.200. The second kappa shape index (κ2) is 8.71. The van der Waals surface area contributed by atoms with Crippen LogP contribution < -0.4 is 15.4 Å². The Labute approximate surface area is 153 Å². The second-order valence-electron chi connectivity index (χ2n) is 5.71. The molecule has 26 heavy (non-hydrogen) atoms. The number of nitrogens with zero attached hydrogens (tertiary/aromatic N) is 3. The van der Waals surface area contributed by atoms with Gasteiger partial charge in [-0.1, -0.05) is 30.3 Å². The van der Waals surface area contributed by atoms with Crippen molar-refractivity contribution >= 4 is 5.96 Å². The summed E-state index contributed by atoms with van der Waals surface area (Å²) < 4.78 is 7.03. The van der Waals surface area contributed by atoms with E-state index in [4.69, 9.17) is 4.74 Å². The van der Waals surface area contributed by atoms with E-state index in [0.717, 1.165) is 29.6 Å². The fourth-order valence-corrected chi connectivity index (χ4v) is 2.51. The van der Waals surface area contributed by atoms with Gasteiger partial charge in [0.15, 0.2) is 5.96 Å². The molecule has 0 spiro atoms. The summed E-state index contributed by atoms with van der Waals surface area (Å²) in [6.45, 7) is 1.32. The smallest absolute Gasteiger partial charge is 0.191 e. The Morgan fingerprint density at radius 2 is 1.73 bits per heavy atom. The minimum absolute atomic E-state index is 0.595. The standard InChI is InChI=1S/C20H23N5O/c1-21-20(22-14-16-6-4-3-5-7-16)23-15-17-12-13-25(24-17)18-8-10-19(26-2)11-9-18/h3-13H,14-15H2,1-2H3,(H2,21,22,23). The third-order valence-corrected chi connectivity index (χ3v) is 3.94. The summed E-state index contributed by atoms with van der Waals surface area (Å²) in [4.78, 5) is 4.25. The van der Waals surface area contributed by atoms with Crippen LogP contribution in [0.5, 0.6) is 5.75 Å². The Morgan fingerprint density at radius 3 is 2.42 bits per heavy atom. The van der Waals surface area contributed by atoms with Crippen LogP contribution in [0.1, 0.15) is 11.3 Å². The molecular weight excluding hydrogens is 326 g/mol. The Balaban J connectivity index is 1.54. The Hall–Kier alpha value is -3.28. The summed E-state index contributed by atoms with van der Waals surface area (Å²) in [5.74, 6) is 1.57. The zero-order valence-electron chi connectivity index (χ0n) is 15.0. The lowest BCUT2D eigenvalue weighted by molar-refractivity contribution is 0.414. The van der Waals surface area contributed by atoms with Crippen molar-refractivity contribution in [2.75, 3.05) is 14.2 Å². The number of aliphatic imine (C=N–C) groups is 1. The van der Waals surface area contributed by atoms with Crippen molar-refractivity contribution in [2.45, 2.75) is 13.1 Å². The monoisotopic (exact) mass is 349 g/mol. The van der Waals surface area contributed by atoms with Crippen molar-refractivity contribution in [1.29, 1.82) is 0 Å². The third kappa shape index (κ3) is 4.63. The van der Waals surface area contributed by atoms with Gasteiger partial charge in [-0.3, -0.25) is 4.99 Å². The molecule has 0 unspecified atom stereocenters. The van der Waals surface area contributed by atoms with E-state index in [9.17, 15) is 0 Å². The molecule has 0 bridgehead atoms. The van der Waals surface area contributed by atoms with Crippen molar-refractivity contribution in [1.82, 2.24) is 20.4 Å². The largest absolute Gasteiger partial charge is 0.497 e. The molecule has 0 amide bonds. The maximum atomic E-state index is 5.18. The minimum Gasteiger partial charge on any atom is -0.497 e. The van der Waals surface area contributed by atoms with Gasteiger partial charge in [-0.2, -0.15) is 5.10 Å². The number of methoxy groups -OCH3 is 1. The van der Waals surface area contributed by atoms with E-state index in [1.54, 1.807) is 14.2 Å². The van der Waals surface area contributed by atoms with Gasteiger partial charge in [0, 0.05) is 19.8 Å². The molecular formula is C20H23N5O. The quantitative estimate of drug-likeness (QED) is 0.531. The lowest BCUT2D eigenvalue weighted by Crippen LogP contribution is -2.36. The predicted molar refractivity (Wildman–Crippen MR) is 104 cm³/mol. The average Bonchev–Trinajstić information content (AvgIpc) is 3.18. The molecule has 1 heterocycles. The van der Waals surface area contributed by atoms with Crippen LogP contribution in [0.15, 0.2) is 71.9 Å². The van der Waals surface area contributed by atoms with E-state index in [2.05, 4.69) is 32.9 Å². The first-order valence-corrected chi connectivity index (χ1v) is 8.46. The highest BCUT2D eigenvalue weighted by atomic mass is 16.5. The number of guanidine groups is 1. The van der Waals surface area contributed by atoms with E-state index in [1.165, 1.54) is 5.56 Å². The van der Waals surface area contributed by atoms with E-state index in [-0.39, 0.29) is 0 Å². The summed E-state index contributed by atoms with van der Waals surface area (Å²) in [5.41, 5.74) is 3.13. The molecule has 3 rings (SSSR count). The van der Waals surface area contributed by atoms with Crippen LogP contribution in [0.2, 0.25) is 0 Å². The summed E-state index contributed by atoms with van der Waals surface area (Å²) in [6, 6.07) is 20.0. The zero-order chi connectivity index (χ0) is 18.2. The average molecular weight is 349 g/mol. The Morgan fingerprint density at radius 1 is 1.00 bits per heavy atom. The molecule has 6 nitrogen and oxygen atoms in total. The van der Waals surface area contributed by atoms with Crippen LogP contribution in [0.25, 0.3) is 5.69 Å². The number of benzene rings is 2. The van der Waals surface area contributed by atoms with E-state index < -0.39 is 0 Å². The number of nitrogens with one attached hydrogen (secondary N) is 2. The van der Waals surface area contributed by atoms with Gasteiger partial charge in [-0.25, -0.2) is 4.68 Å². The maximum absolute atomic E-state index is 5.18. The van der Waals surface area contributed by atoms with Gasteiger partial charge >= 0.3 is 0 Å². The van der Waals surface area contributed by atoms with Crippen LogP contribution in [-0.4, -0.2) is 29.9 Å². The van der Waals surface area contributed by atoms with Crippen molar-refractivity contribution in [2.24, 2.45) is 4.99 Å². The molecule has 0 fully saturated rings. The molecule has 3 aromatic rings. The highest BCUT2D eigenvalue weighted by Gasteiger charge is 2.04. The third-order valence-electron chi connectivity index (χ3n) is 3.94. The van der Waals surface area contributed by atoms with Crippen LogP contribution in [0.3, 0.4) is 0 Å². The van der Waals surface area contributed by atoms with Gasteiger partial charge in [0.25, 0.3) is 0 Å². The molecule has 0 aliphatic carbocycles. The number of rotatable bonds is 6. The van der Waals surface area contributed by atoms with Crippen LogP contribution >= 0.6 is 0 Å². The molecule has 0 saturated carbocycles. The predicted octanol–water partition coefficient (Wildman–Crippen LogP) is 2.75. The first kappa shape index (κ1) is 17.5. The number of hydrogen-bond acceptors (Lipinski definition) is 3. The summed E-state index contributed by atoms with van der Waals surface area (Å²) in [7, 11) is 3.42. The topological polar surface area (TPSA) is 63.5 Å². The molecule has 2 aromatic carbocycles. The number of hydrogen-bond donors (Lipinski definition) is 2. The van der Waals surface area contributed by atoms with E-state index in [0.29, 0.717) is 6.54 Å². The van der Waals surface area contributed by atoms with Crippen LogP contribution in [0, 0.1) is 0 Å². The summed E-state index contributed by atoms with van der Waals surface area (Å²) >= 11 is 0. The Kier molecular flexibility index (Phi) is 5.88. The highest BCUT2D eigenvalue weighted by Crippen LogP contribution is 2.14. The summed E-state index contributed by atoms with van der Waals surface area (Å²) in [6.07, 6.45) is 1.94. The molecule has 1 aromatic heterocycles. The van der Waals surface area contributed by atoms with Gasteiger partial charge in [0.05, 0.1) is 25.0 Å². The van der Waals surface area contributed by atoms with E-state index in [1.807, 2.05) is 59.4 Å². The zero-order valence-corrected chi connectivity index (χ0v) is 15.0. The molecule has 6 heteroatoms. The molecule has 0 aliphatic rings. The van der Waals surface area contributed by atoms with Gasteiger partial charge in [0.1, 0.15) is 5.75 Å². The van der Waals surface area contributed by atoms with Crippen molar-refractivity contribution in [3.05, 3.63) is 78.1 Å². The molecule has 0 radical (unpaired) electrons. The highest BCUT2D eigenvalue weighted by molar-refractivity contribution is 5.79. The van der Waals surface area contributed by atoms with E-state index >= 15 is 0 Å². The van der Waals surface area contributed by atoms with Gasteiger partial charge in [-0.05, 0) is 35.9 Å². The molecule has 0 atom stereocenters. The van der Waals surface area contributed by atoms with Crippen LogP contribution in [-0.2, 0) is 13.1 Å². The van der Waals surface area contributed by atoms with Gasteiger partial charge < -0.3 is 15.4 Å². The van der Waals surface area contributed by atoms with Crippen molar-refractivity contribution in [3.8, 4) is 11.4 Å². The SMILES string of the molecule is CN=C(NCc1ccccc1)NCc1ccn(-c2ccc(OC)cc2)n1. The first-order valence-electron chi connectivity index (χ1n) is 8.46. The lowest BCUT2D eigenvalue weighted by Gasteiger charge is -2.11. The minimum atomic E-state index is 0.595. The van der Waals surface area contributed by atoms with Gasteiger partial charge in [-0.15, -0.1) is 0 Å².